The first-order chi connectivity index (χ1) is 8.14. The number of rotatable bonds is 2. The quantitative estimate of drug-likeness (QED) is 0.549. The van der Waals surface area contributed by atoms with Crippen molar-refractivity contribution in [3.63, 3.8) is 0 Å². The van der Waals surface area contributed by atoms with Crippen molar-refractivity contribution in [3.05, 3.63) is 11.6 Å². The predicted octanol–water partition coefficient (Wildman–Crippen LogP) is 3.09. The molecule has 1 atom stereocenters. The molecule has 1 fully saturated rings. The van der Waals surface area contributed by atoms with Gasteiger partial charge in [-0.3, -0.25) is 0 Å². The molecule has 0 bridgehead atoms. The van der Waals surface area contributed by atoms with Gasteiger partial charge in [0.2, 0.25) is 0 Å². The van der Waals surface area contributed by atoms with Crippen LogP contribution >= 0.6 is 0 Å². The maximum absolute atomic E-state index is 11.1. The first-order valence-electron chi connectivity index (χ1n) is 6.61. The van der Waals surface area contributed by atoms with Crippen LogP contribution in [0.4, 0.5) is 0 Å². The van der Waals surface area contributed by atoms with Crippen molar-refractivity contribution < 1.29 is 14.3 Å². The third-order valence-electron chi connectivity index (χ3n) is 3.54. The third kappa shape index (κ3) is 2.78. The molecular weight excluding hydrogens is 216 g/mol. The Balaban J connectivity index is 0.000000686. The normalized spacial score (nSPS) is 30.5. The van der Waals surface area contributed by atoms with E-state index >= 15 is 0 Å². The van der Waals surface area contributed by atoms with Crippen molar-refractivity contribution in [1.82, 2.24) is 0 Å². The lowest BCUT2D eigenvalue weighted by Gasteiger charge is -2.37. The van der Waals surface area contributed by atoms with Crippen molar-refractivity contribution in [2.75, 3.05) is 13.2 Å². The first-order valence-corrected chi connectivity index (χ1v) is 6.61. The van der Waals surface area contributed by atoms with Gasteiger partial charge >= 0.3 is 0 Å². The fraction of sp³-hybridized carbons (Fsp3) is 0.786. The van der Waals surface area contributed by atoms with E-state index < -0.39 is 5.79 Å². The summed E-state index contributed by atoms with van der Waals surface area (Å²) in [5.41, 5.74) is 0.834. The van der Waals surface area contributed by atoms with Crippen LogP contribution in [0.15, 0.2) is 11.6 Å². The molecule has 2 rings (SSSR count). The summed E-state index contributed by atoms with van der Waals surface area (Å²) in [6.07, 6.45) is 5.56. The number of hydrogen-bond acceptors (Lipinski definition) is 3. The van der Waals surface area contributed by atoms with Crippen LogP contribution in [0.2, 0.25) is 0 Å². The van der Waals surface area contributed by atoms with Crippen LogP contribution in [0.1, 0.15) is 47.0 Å². The van der Waals surface area contributed by atoms with Crippen LogP contribution in [0.25, 0.3) is 0 Å². The summed E-state index contributed by atoms with van der Waals surface area (Å²) in [7, 11) is 0. The number of ether oxygens (including phenoxy) is 2. The molecule has 1 unspecified atom stereocenters. The Kier molecular flexibility index (Phi) is 4.90. The van der Waals surface area contributed by atoms with Gasteiger partial charge in [-0.2, -0.15) is 0 Å². The largest absolute Gasteiger partial charge is 0.344 e. The molecule has 3 heteroatoms. The Morgan fingerprint density at radius 1 is 1.29 bits per heavy atom. The van der Waals surface area contributed by atoms with E-state index in [1.807, 2.05) is 26.8 Å². The Morgan fingerprint density at radius 2 is 1.88 bits per heavy atom. The van der Waals surface area contributed by atoms with Gasteiger partial charge in [0.05, 0.1) is 13.2 Å². The molecule has 0 saturated carbocycles. The highest BCUT2D eigenvalue weighted by Crippen LogP contribution is 2.43. The Bertz CT molecular complexity index is 290. The standard InChI is InChI=1S/C12H18O3.C2H6/c1-3-10-8-12(14-6-7-15-12)5-4-11(10,2)9-13;1-2/h8-9H,3-7H2,1-2H3;1-2H3. The lowest BCUT2D eigenvalue weighted by molar-refractivity contribution is -0.136. The van der Waals surface area contributed by atoms with Crippen molar-refractivity contribution in [1.29, 1.82) is 0 Å². The van der Waals surface area contributed by atoms with E-state index in [2.05, 4.69) is 6.92 Å². The molecule has 1 aliphatic heterocycles. The number of hydrogen-bond donors (Lipinski definition) is 0. The zero-order valence-electron chi connectivity index (χ0n) is 11.4. The minimum Gasteiger partial charge on any atom is -0.344 e. The summed E-state index contributed by atoms with van der Waals surface area (Å²) in [4.78, 5) is 11.1. The van der Waals surface area contributed by atoms with Gasteiger partial charge in [0, 0.05) is 11.8 Å². The van der Waals surface area contributed by atoms with Gasteiger partial charge in [-0.15, -0.1) is 0 Å². The highest BCUT2D eigenvalue weighted by molar-refractivity contribution is 5.65. The molecule has 3 nitrogen and oxygen atoms in total. The molecule has 17 heavy (non-hydrogen) atoms. The van der Waals surface area contributed by atoms with Crippen LogP contribution in [-0.2, 0) is 14.3 Å². The van der Waals surface area contributed by atoms with E-state index in [1.165, 1.54) is 0 Å². The lowest BCUT2D eigenvalue weighted by Crippen LogP contribution is -2.37. The predicted molar refractivity (Wildman–Crippen MR) is 67.8 cm³/mol. The number of carbonyl (C=O) groups is 1. The molecule has 98 valence electrons. The number of aldehydes is 1. The third-order valence-corrected chi connectivity index (χ3v) is 3.54. The molecule has 0 N–H and O–H groups in total. The molecule has 1 saturated heterocycles. The average molecular weight is 240 g/mol. The zero-order valence-corrected chi connectivity index (χ0v) is 11.4. The smallest absolute Gasteiger partial charge is 0.188 e. The van der Waals surface area contributed by atoms with E-state index in [9.17, 15) is 4.79 Å². The van der Waals surface area contributed by atoms with Crippen molar-refractivity contribution in [2.24, 2.45) is 5.41 Å². The average Bonchev–Trinajstić information content (AvgIpc) is 2.84. The molecule has 0 amide bonds. The highest BCUT2D eigenvalue weighted by Gasteiger charge is 2.43. The second kappa shape index (κ2) is 5.78. The fourth-order valence-corrected chi connectivity index (χ4v) is 2.44. The summed E-state index contributed by atoms with van der Waals surface area (Å²) in [5.74, 6) is -0.520. The van der Waals surface area contributed by atoms with Crippen LogP contribution in [0.5, 0.6) is 0 Å². The summed E-state index contributed by atoms with van der Waals surface area (Å²) in [6, 6.07) is 0. The summed E-state index contributed by atoms with van der Waals surface area (Å²) >= 11 is 0. The second-order valence-electron chi connectivity index (χ2n) is 4.57. The van der Waals surface area contributed by atoms with Crippen molar-refractivity contribution >= 4 is 6.29 Å². The fourth-order valence-electron chi connectivity index (χ4n) is 2.44. The van der Waals surface area contributed by atoms with Crippen LogP contribution in [0, 0.1) is 5.41 Å². The minimum atomic E-state index is -0.520. The van der Waals surface area contributed by atoms with Crippen molar-refractivity contribution in [2.45, 2.75) is 52.7 Å². The summed E-state index contributed by atoms with van der Waals surface area (Å²) < 4.78 is 11.3. The molecule has 1 heterocycles. The number of carbonyl (C=O) groups excluding carboxylic acids is 1. The van der Waals surface area contributed by atoms with Gasteiger partial charge in [-0.05, 0) is 25.8 Å². The first kappa shape index (κ1) is 14.4. The monoisotopic (exact) mass is 240 g/mol. The van der Waals surface area contributed by atoms with Gasteiger partial charge in [-0.25, -0.2) is 0 Å². The van der Waals surface area contributed by atoms with Crippen LogP contribution < -0.4 is 0 Å². The Hall–Kier alpha value is -0.670. The van der Waals surface area contributed by atoms with E-state index in [0.29, 0.717) is 13.2 Å². The molecule has 0 radical (unpaired) electrons. The molecule has 1 spiro atoms. The van der Waals surface area contributed by atoms with Crippen LogP contribution in [0.3, 0.4) is 0 Å². The van der Waals surface area contributed by atoms with Gasteiger partial charge in [0.15, 0.2) is 5.79 Å². The summed E-state index contributed by atoms with van der Waals surface area (Å²) in [6.45, 7) is 9.38. The van der Waals surface area contributed by atoms with Gasteiger partial charge < -0.3 is 14.3 Å². The summed E-state index contributed by atoms with van der Waals surface area (Å²) in [5, 5.41) is 0. The second-order valence-corrected chi connectivity index (χ2v) is 4.57. The topological polar surface area (TPSA) is 35.5 Å². The van der Waals surface area contributed by atoms with Gasteiger partial charge in [0.1, 0.15) is 6.29 Å². The lowest BCUT2D eigenvalue weighted by atomic mass is 9.72. The molecule has 0 aromatic rings. The molecule has 0 aromatic carbocycles. The van der Waals surface area contributed by atoms with E-state index in [1.54, 1.807) is 0 Å². The minimum absolute atomic E-state index is 0.310. The van der Waals surface area contributed by atoms with Crippen molar-refractivity contribution in [3.8, 4) is 0 Å². The Morgan fingerprint density at radius 3 is 2.35 bits per heavy atom. The van der Waals surface area contributed by atoms with Crippen LogP contribution in [-0.4, -0.2) is 25.3 Å². The van der Waals surface area contributed by atoms with Gasteiger partial charge in [-0.1, -0.05) is 26.3 Å². The molecule has 1 aliphatic carbocycles. The maximum atomic E-state index is 11.1. The Labute approximate surface area is 104 Å². The van der Waals surface area contributed by atoms with Gasteiger partial charge in [0.25, 0.3) is 0 Å². The zero-order chi connectivity index (χ0) is 12.9. The molecular formula is C14H24O3. The SMILES string of the molecule is CC.CCC1=CC2(CCC1(C)C=O)OCCO2. The maximum Gasteiger partial charge on any atom is 0.188 e. The van der Waals surface area contributed by atoms with E-state index in [0.717, 1.165) is 31.1 Å². The molecule has 2 aliphatic rings. The number of allylic oxidation sites excluding steroid dienone is 1. The molecule has 0 aromatic heterocycles. The highest BCUT2D eigenvalue weighted by atomic mass is 16.7. The van der Waals surface area contributed by atoms with E-state index in [4.69, 9.17) is 9.47 Å². The van der Waals surface area contributed by atoms with E-state index in [-0.39, 0.29) is 5.41 Å².